The van der Waals surface area contributed by atoms with Crippen molar-refractivity contribution in [1.82, 2.24) is 0 Å². The Morgan fingerprint density at radius 2 is 0.824 bits per heavy atom. The number of fused-ring (bicyclic) bond motifs is 1. The number of methoxy groups -OCH3 is 6. The largest absolute Gasteiger partial charge is 0.493 e. The number of carbonyl (C=O) groups is 2. The Morgan fingerprint density at radius 1 is 0.529 bits per heavy atom. The summed E-state index contributed by atoms with van der Waals surface area (Å²) in [7, 11) is 8.90. The Hall–Kier alpha value is -3.82. The predicted octanol–water partition coefficient (Wildman–Crippen LogP) is 2.87. The van der Waals surface area contributed by atoms with Gasteiger partial charge in [-0.05, 0) is 24.3 Å². The molecule has 10 nitrogen and oxygen atoms in total. The lowest BCUT2D eigenvalue weighted by Crippen LogP contribution is -2.19. The van der Waals surface area contributed by atoms with Crippen molar-refractivity contribution in [3.8, 4) is 34.5 Å². The van der Waals surface area contributed by atoms with Gasteiger partial charge in [-0.15, -0.1) is 0 Å². The van der Waals surface area contributed by atoms with Crippen LogP contribution in [0.3, 0.4) is 0 Å². The van der Waals surface area contributed by atoms with Crippen LogP contribution in [0, 0.1) is 11.8 Å². The van der Waals surface area contributed by atoms with Gasteiger partial charge in [-0.3, -0.25) is 9.59 Å². The molecule has 0 saturated carbocycles. The summed E-state index contributed by atoms with van der Waals surface area (Å²) in [5.41, 5.74) is 1.05. The summed E-state index contributed by atoms with van der Waals surface area (Å²) in [5, 5.41) is 0. The number of carbonyl (C=O) groups excluding carboxylic acids is 2. The second-order valence-electron chi connectivity index (χ2n) is 7.68. The van der Waals surface area contributed by atoms with E-state index < -0.39 is 36.0 Å². The highest BCUT2D eigenvalue weighted by Gasteiger charge is 2.60. The van der Waals surface area contributed by atoms with Gasteiger partial charge in [0.25, 0.3) is 0 Å². The van der Waals surface area contributed by atoms with Gasteiger partial charge < -0.3 is 37.9 Å². The number of benzene rings is 2. The molecule has 0 aliphatic carbocycles. The van der Waals surface area contributed by atoms with Crippen LogP contribution < -0.4 is 28.4 Å². The summed E-state index contributed by atoms with van der Waals surface area (Å²) in [6, 6.07) is 6.62. The van der Waals surface area contributed by atoms with Gasteiger partial charge in [-0.2, -0.15) is 0 Å². The van der Waals surface area contributed by atoms with Crippen LogP contribution in [0.15, 0.2) is 24.3 Å². The number of rotatable bonds is 8. The van der Waals surface area contributed by atoms with Crippen molar-refractivity contribution in [1.29, 1.82) is 0 Å². The molecule has 182 valence electrons. The Bertz CT molecular complexity index is 973. The Balaban J connectivity index is 1.75. The second-order valence-corrected chi connectivity index (χ2v) is 7.68. The number of hydrogen-bond acceptors (Lipinski definition) is 10. The third-order valence-electron chi connectivity index (χ3n) is 6.10. The first-order chi connectivity index (χ1) is 16.4. The molecule has 0 amide bonds. The topological polar surface area (TPSA) is 108 Å². The summed E-state index contributed by atoms with van der Waals surface area (Å²) < 4.78 is 43.7. The average molecular weight is 474 g/mol. The highest BCUT2D eigenvalue weighted by molar-refractivity contribution is 5.90. The Kier molecular flexibility index (Phi) is 6.32. The Morgan fingerprint density at radius 3 is 1.06 bits per heavy atom. The van der Waals surface area contributed by atoms with E-state index in [1.54, 1.807) is 24.3 Å². The van der Waals surface area contributed by atoms with Crippen molar-refractivity contribution < 1.29 is 47.5 Å². The zero-order valence-corrected chi connectivity index (χ0v) is 19.7. The first-order valence-electron chi connectivity index (χ1n) is 10.4. The number of hydrogen-bond donors (Lipinski definition) is 0. The van der Waals surface area contributed by atoms with E-state index in [1.165, 1.54) is 42.7 Å². The van der Waals surface area contributed by atoms with Crippen LogP contribution in [0.25, 0.3) is 0 Å². The zero-order chi connectivity index (χ0) is 24.6. The molecule has 0 N–H and O–H groups in total. The molecule has 0 unspecified atom stereocenters. The third-order valence-corrected chi connectivity index (χ3v) is 6.10. The van der Waals surface area contributed by atoms with E-state index >= 15 is 0 Å². The average Bonchev–Trinajstić information content (AvgIpc) is 3.39. The molecule has 0 radical (unpaired) electrons. The van der Waals surface area contributed by atoms with Crippen molar-refractivity contribution >= 4 is 11.9 Å². The van der Waals surface area contributed by atoms with E-state index in [1.807, 2.05) is 0 Å². The number of esters is 2. The minimum absolute atomic E-state index is 0.379. The van der Waals surface area contributed by atoms with Crippen molar-refractivity contribution in [3.63, 3.8) is 0 Å². The molecule has 0 bridgehead atoms. The maximum absolute atomic E-state index is 13.0. The molecule has 2 aromatic carbocycles. The molecule has 2 saturated heterocycles. The van der Waals surface area contributed by atoms with Crippen LogP contribution in [-0.4, -0.2) is 54.6 Å². The molecular formula is C24H26O10. The molecular weight excluding hydrogens is 448 g/mol. The molecule has 4 rings (SSSR count). The fourth-order valence-corrected chi connectivity index (χ4v) is 4.55. The lowest BCUT2D eigenvalue weighted by atomic mass is 9.84. The fourth-order valence-electron chi connectivity index (χ4n) is 4.55. The van der Waals surface area contributed by atoms with Gasteiger partial charge in [0.05, 0.1) is 42.7 Å². The van der Waals surface area contributed by atoms with Crippen LogP contribution in [0.4, 0.5) is 0 Å². The highest BCUT2D eigenvalue weighted by atomic mass is 16.6. The minimum atomic E-state index is -0.884. The lowest BCUT2D eigenvalue weighted by Gasteiger charge is -2.19. The van der Waals surface area contributed by atoms with Crippen LogP contribution in [-0.2, 0) is 19.1 Å². The standard InChI is InChI=1S/C24H26O10/c1-27-13-7-11(8-14(28-2)21(13)31-5)19-17-18(24(26)33-19)20(34-23(17)25)12-9-15(29-3)22(32-6)16(10-12)30-4/h7-10,17-20H,1-6H3/t17-,18-,19-,20+/m0/s1. The van der Waals surface area contributed by atoms with Gasteiger partial charge >= 0.3 is 11.9 Å². The molecule has 2 fully saturated rings. The highest BCUT2D eigenvalue weighted by Crippen LogP contribution is 2.54. The van der Waals surface area contributed by atoms with Crippen LogP contribution in [0.2, 0.25) is 0 Å². The molecule has 0 aromatic heterocycles. The van der Waals surface area contributed by atoms with Gasteiger partial charge in [0.2, 0.25) is 11.5 Å². The van der Waals surface area contributed by atoms with Gasteiger partial charge in [-0.25, -0.2) is 0 Å². The first kappa shape index (κ1) is 23.3. The maximum Gasteiger partial charge on any atom is 0.314 e. The van der Waals surface area contributed by atoms with E-state index in [9.17, 15) is 9.59 Å². The fraction of sp³-hybridized carbons (Fsp3) is 0.417. The van der Waals surface area contributed by atoms with Crippen LogP contribution >= 0.6 is 0 Å². The summed E-state index contributed by atoms with van der Waals surface area (Å²) in [6.45, 7) is 0. The third kappa shape index (κ3) is 3.59. The maximum atomic E-state index is 13.0. The van der Waals surface area contributed by atoms with Gasteiger partial charge in [0.1, 0.15) is 24.0 Å². The second kappa shape index (κ2) is 9.20. The van der Waals surface area contributed by atoms with E-state index in [4.69, 9.17) is 37.9 Å². The molecule has 4 atom stereocenters. The molecule has 2 aliphatic rings. The summed E-state index contributed by atoms with van der Waals surface area (Å²) in [5.74, 6) is -0.529. The molecule has 34 heavy (non-hydrogen) atoms. The van der Waals surface area contributed by atoms with Crippen molar-refractivity contribution in [2.45, 2.75) is 12.2 Å². The lowest BCUT2D eigenvalue weighted by molar-refractivity contribution is -0.154. The predicted molar refractivity (Wildman–Crippen MR) is 117 cm³/mol. The van der Waals surface area contributed by atoms with Crippen molar-refractivity contribution in [3.05, 3.63) is 35.4 Å². The minimum Gasteiger partial charge on any atom is -0.493 e. The summed E-state index contributed by atoms with van der Waals surface area (Å²) >= 11 is 0. The molecule has 0 spiro atoms. The summed E-state index contributed by atoms with van der Waals surface area (Å²) in [6.07, 6.45) is -1.77. The SMILES string of the molecule is COc1cc([C@H]2OC(=O)[C@H]3[C@@H]2C(=O)O[C@H]3c2cc(OC)c(OC)c(OC)c2)cc(OC)c1OC. The normalized spacial score (nSPS) is 23.0. The molecule has 2 heterocycles. The van der Waals surface area contributed by atoms with E-state index in [-0.39, 0.29) is 0 Å². The molecule has 2 aliphatic heterocycles. The molecule has 2 aromatic rings. The Labute approximate surface area is 196 Å². The number of cyclic esters (lactones) is 2. The smallest absolute Gasteiger partial charge is 0.314 e. The zero-order valence-electron chi connectivity index (χ0n) is 19.7. The van der Waals surface area contributed by atoms with Crippen molar-refractivity contribution in [2.24, 2.45) is 11.8 Å². The van der Waals surface area contributed by atoms with Gasteiger partial charge in [-0.1, -0.05) is 0 Å². The molecule has 10 heteroatoms. The summed E-state index contributed by atoms with van der Waals surface area (Å²) in [4.78, 5) is 26.0. The quantitative estimate of drug-likeness (QED) is 0.530. The van der Waals surface area contributed by atoms with Crippen LogP contribution in [0.1, 0.15) is 23.3 Å². The van der Waals surface area contributed by atoms with Gasteiger partial charge in [0.15, 0.2) is 23.0 Å². The van der Waals surface area contributed by atoms with Crippen molar-refractivity contribution in [2.75, 3.05) is 42.7 Å². The van der Waals surface area contributed by atoms with E-state index in [0.717, 1.165) is 0 Å². The van der Waals surface area contributed by atoms with E-state index in [2.05, 4.69) is 0 Å². The number of ether oxygens (including phenoxy) is 8. The van der Waals surface area contributed by atoms with Crippen LogP contribution in [0.5, 0.6) is 34.5 Å². The first-order valence-corrected chi connectivity index (χ1v) is 10.4. The monoisotopic (exact) mass is 474 g/mol. The van der Waals surface area contributed by atoms with E-state index in [0.29, 0.717) is 45.6 Å². The van der Waals surface area contributed by atoms with Gasteiger partial charge in [0, 0.05) is 11.1 Å².